The zero-order valence-corrected chi connectivity index (χ0v) is 26.2. The van der Waals surface area contributed by atoms with Gasteiger partial charge >= 0.3 is 0 Å². The standard InChI is InChI=1S/C17H10Cl2F2N2.C17H11ClF2N2O/c1-9-14(10-5-7-11(18)8-6-10)16(17(19)23-22-9)15-12(20)3-2-4-13(15)21;1-9-14(10-5-7-11(18)8-6-10)16(17(23)22-21-9)15-12(19)3-2-4-13(15)20/h2-8H,1H3;2-8H,1H3,(H,22,23). The lowest BCUT2D eigenvalue weighted by molar-refractivity contribution is 0.588. The summed E-state index contributed by atoms with van der Waals surface area (Å²) in [4.78, 5) is 12.3. The van der Waals surface area contributed by atoms with E-state index in [1.54, 1.807) is 62.4 Å². The molecule has 0 spiro atoms. The quantitative estimate of drug-likeness (QED) is 0.188. The lowest BCUT2D eigenvalue weighted by atomic mass is 9.94. The summed E-state index contributed by atoms with van der Waals surface area (Å²) in [6.45, 7) is 3.36. The Balaban J connectivity index is 0.000000181. The molecule has 0 aliphatic rings. The third kappa shape index (κ3) is 6.67. The second-order valence-corrected chi connectivity index (χ2v) is 11.2. The second-order valence-electron chi connectivity index (χ2n) is 9.92. The van der Waals surface area contributed by atoms with E-state index in [4.69, 9.17) is 34.8 Å². The normalized spacial score (nSPS) is 10.8. The Morgan fingerprint density at radius 1 is 0.522 bits per heavy atom. The maximum atomic E-state index is 14.2. The van der Waals surface area contributed by atoms with Crippen molar-refractivity contribution in [1.29, 1.82) is 0 Å². The van der Waals surface area contributed by atoms with Crippen LogP contribution in [0, 0.1) is 37.1 Å². The number of H-pyrrole nitrogens is 1. The van der Waals surface area contributed by atoms with E-state index in [1.807, 2.05) is 0 Å². The molecule has 0 radical (unpaired) electrons. The van der Waals surface area contributed by atoms with Crippen molar-refractivity contribution in [3.8, 4) is 44.5 Å². The summed E-state index contributed by atoms with van der Waals surface area (Å²) in [7, 11) is 0. The molecule has 5 nitrogen and oxygen atoms in total. The highest BCUT2D eigenvalue weighted by molar-refractivity contribution is 6.33. The fourth-order valence-corrected chi connectivity index (χ4v) is 5.40. The molecule has 0 aliphatic carbocycles. The average molecular weight is 684 g/mol. The van der Waals surface area contributed by atoms with E-state index in [0.717, 1.165) is 12.1 Å². The van der Waals surface area contributed by atoms with Gasteiger partial charge in [0.05, 0.1) is 28.1 Å². The van der Waals surface area contributed by atoms with Crippen molar-refractivity contribution in [3.05, 3.63) is 145 Å². The highest BCUT2D eigenvalue weighted by Crippen LogP contribution is 2.40. The largest absolute Gasteiger partial charge is 0.272 e. The van der Waals surface area contributed by atoms with Crippen molar-refractivity contribution in [3.63, 3.8) is 0 Å². The first-order valence-corrected chi connectivity index (χ1v) is 14.6. The number of halogens is 7. The number of aromatic nitrogens is 4. The van der Waals surface area contributed by atoms with Gasteiger partial charge in [-0.1, -0.05) is 71.2 Å². The van der Waals surface area contributed by atoms with Crippen molar-refractivity contribution in [2.24, 2.45) is 0 Å². The molecule has 0 saturated heterocycles. The predicted octanol–water partition coefficient (Wildman–Crippen LogP) is 10.0. The Morgan fingerprint density at radius 3 is 1.39 bits per heavy atom. The molecule has 0 bridgehead atoms. The van der Waals surface area contributed by atoms with Crippen molar-refractivity contribution < 1.29 is 17.6 Å². The molecule has 0 saturated carbocycles. The maximum absolute atomic E-state index is 14.2. The third-order valence-electron chi connectivity index (χ3n) is 6.96. The molecule has 0 unspecified atom stereocenters. The summed E-state index contributed by atoms with van der Waals surface area (Å²) in [6, 6.07) is 20.6. The van der Waals surface area contributed by atoms with E-state index in [1.165, 1.54) is 24.3 Å². The van der Waals surface area contributed by atoms with E-state index in [0.29, 0.717) is 43.7 Å². The average Bonchev–Trinajstić information content (AvgIpc) is 3.02. The summed E-state index contributed by atoms with van der Waals surface area (Å²) in [5.41, 5.74) is 1.98. The molecule has 232 valence electrons. The molecule has 1 N–H and O–H groups in total. The molecule has 46 heavy (non-hydrogen) atoms. The summed E-state index contributed by atoms with van der Waals surface area (Å²) in [5.74, 6) is -3.04. The van der Waals surface area contributed by atoms with E-state index in [-0.39, 0.29) is 27.4 Å². The second kappa shape index (κ2) is 13.8. The van der Waals surface area contributed by atoms with Gasteiger partial charge in [-0.3, -0.25) is 4.79 Å². The summed E-state index contributed by atoms with van der Waals surface area (Å²) < 4.78 is 56.8. The van der Waals surface area contributed by atoms with Gasteiger partial charge in [0.2, 0.25) is 0 Å². The highest BCUT2D eigenvalue weighted by Gasteiger charge is 2.23. The van der Waals surface area contributed by atoms with Crippen LogP contribution in [0.25, 0.3) is 44.5 Å². The molecular formula is C34H21Cl3F4N4O. The van der Waals surface area contributed by atoms with Crippen LogP contribution < -0.4 is 5.56 Å². The molecule has 12 heteroatoms. The van der Waals surface area contributed by atoms with Gasteiger partial charge in [-0.25, -0.2) is 22.7 Å². The van der Waals surface area contributed by atoms with Gasteiger partial charge in [-0.05, 0) is 73.5 Å². The van der Waals surface area contributed by atoms with Gasteiger partial charge < -0.3 is 0 Å². The molecule has 0 aliphatic heterocycles. The number of benzene rings is 4. The number of rotatable bonds is 4. The number of hydrogen-bond donors (Lipinski definition) is 1. The third-order valence-corrected chi connectivity index (χ3v) is 7.73. The topological polar surface area (TPSA) is 71.5 Å². The van der Waals surface area contributed by atoms with Crippen LogP contribution in [0.2, 0.25) is 15.2 Å². The lowest BCUT2D eigenvalue weighted by Gasteiger charge is -2.14. The number of aromatic amines is 1. The van der Waals surface area contributed by atoms with Crippen LogP contribution in [0.1, 0.15) is 11.4 Å². The molecule has 2 heterocycles. The van der Waals surface area contributed by atoms with Crippen LogP contribution in [0.4, 0.5) is 17.6 Å². The zero-order valence-electron chi connectivity index (χ0n) is 24.0. The first-order valence-electron chi connectivity index (χ1n) is 13.5. The van der Waals surface area contributed by atoms with Gasteiger partial charge in [0.1, 0.15) is 23.3 Å². The zero-order chi connectivity index (χ0) is 33.1. The smallest absolute Gasteiger partial charge is 0.267 e. The van der Waals surface area contributed by atoms with Crippen molar-refractivity contribution in [2.45, 2.75) is 13.8 Å². The van der Waals surface area contributed by atoms with Crippen LogP contribution in [0.3, 0.4) is 0 Å². The SMILES string of the molecule is Cc1n[nH]c(=O)c(-c2c(F)cccc2F)c1-c1ccc(Cl)cc1.Cc1nnc(Cl)c(-c2c(F)cccc2F)c1-c1ccc(Cl)cc1. The summed E-state index contributed by atoms with van der Waals surface area (Å²) in [5, 5.41) is 15.0. The highest BCUT2D eigenvalue weighted by atomic mass is 35.5. The molecule has 4 aromatic carbocycles. The van der Waals surface area contributed by atoms with Gasteiger partial charge in [-0.15, -0.1) is 5.10 Å². The molecule has 6 rings (SSSR count). The molecule has 0 amide bonds. The summed E-state index contributed by atoms with van der Waals surface area (Å²) in [6.07, 6.45) is 0. The predicted molar refractivity (Wildman–Crippen MR) is 173 cm³/mol. The van der Waals surface area contributed by atoms with Gasteiger partial charge in [0, 0.05) is 26.7 Å². The number of hydrogen-bond acceptors (Lipinski definition) is 4. The Kier molecular flexibility index (Phi) is 9.86. The minimum absolute atomic E-state index is 0.0652. The van der Waals surface area contributed by atoms with E-state index in [2.05, 4.69) is 20.4 Å². The fraction of sp³-hybridized carbons (Fsp3) is 0.0588. The van der Waals surface area contributed by atoms with Gasteiger partial charge in [-0.2, -0.15) is 10.2 Å². The first-order chi connectivity index (χ1) is 22.0. The number of nitrogens with one attached hydrogen (secondary N) is 1. The van der Waals surface area contributed by atoms with Crippen molar-refractivity contribution in [2.75, 3.05) is 0 Å². The molecule has 6 aromatic rings. The monoisotopic (exact) mass is 682 g/mol. The minimum atomic E-state index is -0.809. The van der Waals surface area contributed by atoms with Crippen LogP contribution in [-0.4, -0.2) is 20.4 Å². The van der Waals surface area contributed by atoms with Crippen LogP contribution in [-0.2, 0) is 0 Å². The Labute approximate surface area is 275 Å². The van der Waals surface area contributed by atoms with Crippen LogP contribution in [0.15, 0.2) is 89.7 Å². The number of nitrogens with zero attached hydrogens (tertiary/aromatic N) is 3. The minimum Gasteiger partial charge on any atom is -0.267 e. The van der Waals surface area contributed by atoms with Crippen molar-refractivity contribution in [1.82, 2.24) is 20.4 Å². The van der Waals surface area contributed by atoms with E-state index >= 15 is 0 Å². The van der Waals surface area contributed by atoms with Gasteiger partial charge in [0.25, 0.3) is 5.56 Å². The van der Waals surface area contributed by atoms with E-state index < -0.39 is 28.8 Å². The molecule has 2 aromatic heterocycles. The van der Waals surface area contributed by atoms with E-state index in [9.17, 15) is 22.4 Å². The van der Waals surface area contributed by atoms with Gasteiger partial charge in [0.15, 0.2) is 5.15 Å². The fourth-order valence-electron chi connectivity index (χ4n) is 4.92. The molecular weight excluding hydrogens is 663 g/mol. The maximum Gasteiger partial charge on any atom is 0.272 e. The lowest BCUT2D eigenvalue weighted by Crippen LogP contribution is -2.15. The summed E-state index contributed by atoms with van der Waals surface area (Å²) >= 11 is 17.9. The van der Waals surface area contributed by atoms with Crippen LogP contribution >= 0.6 is 34.8 Å². The molecule has 0 fully saturated rings. The van der Waals surface area contributed by atoms with Crippen LogP contribution in [0.5, 0.6) is 0 Å². The molecule has 0 atom stereocenters. The Bertz CT molecular complexity index is 2080. The Hall–Kier alpha value is -4.57. The first kappa shape index (κ1) is 32.8. The number of aryl methyl sites for hydroxylation is 2. The Morgan fingerprint density at radius 2 is 0.935 bits per heavy atom. The van der Waals surface area contributed by atoms with Crippen molar-refractivity contribution >= 4 is 34.8 Å².